The second kappa shape index (κ2) is 9.11. The van der Waals surface area contributed by atoms with Gasteiger partial charge < -0.3 is 20.1 Å². The highest BCUT2D eigenvalue weighted by Crippen LogP contribution is 2.28. The quantitative estimate of drug-likeness (QED) is 0.394. The molecule has 0 bridgehead atoms. The molecule has 3 aromatic rings. The van der Waals surface area contributed by atoms with Crippen LogP contribution in [0.2, 0.25) is 0 Å². The Kier molecular flexibility index (Phi) is 6.34. The minimum Gasteiger partial charge on any atom is -0.436 e. The van der Waals surface area contributed by atoms with Gasteiger partial charge >= 0.3 is 6.36 Å². The first-order chi connectivity index (χ1) is 14.7. The average Bonchev–Trinajstić information content (AvgIpc) is 2.70. The van der Waals surface area contributed by atoms with E-state index >= 15 is 0 Å². The third-order valence-corrected chi connectivity index (χ3v) is 3.54. The highest BCUT2D eigenvalue weighted by molar-refractivity contribution is 5.98. The molecule has 1 aromatic heterocycles. The lowest BCUT2D eigenvalue weighted by atomic mass is 10.3. The first-order valence-corrected chi connectivity index (χ1v) is 8.58. The molecule has 0 saturated heterocycles. The minimum atomic E-state index is -4.84. The predicted octanol–water partition coefficient (Wildman–Crippen LogP) is 5.17. The summed E-state index contributed by atoms with van der Waals surface area (Å²) < 4.78 is 60.5. The van der Waals surface area contributed by atoms with Crippen LogP contribution >= 0.6 is 0 Å². The summed E-state index contributed by atoms with van der Waals surface area (Å²) in [5, 5.41) is 5.17. The van der Waals surface area contributed by atoms with Gasteiger partial charge in [0.15, 0.2) is 0 Å². The monoisotopic (exact) mass is 434 g/mol. The molecule has 0 spiro atoms. The summed E-state index contributed by atoms with van der Waals surface area (Å²) in [6.45, 7) is 3.35. The van der Waals surface area contributed by atoms with Crippen LogP contribution in [0.3, 0.4) is 0 Å². The number of rotatable bonds is 7. The van der Waals surface area contributed by atoms with Crippen LogP contribution in [0.4, 0.5) is 34.9 Å². The molecule has 2 aromatic carbocycles. The number of hydrogen-bond donors (Lipinski definition) is 2. The van der Waals surface area contributed by atoms with E-state index in [-0.39, 0.29) is 17.4 Å². The van der Waals surface area contributed by atoms with Crippen molar-refractivity contribution < 1.29 is 31.8 Å². The molecule has 0 aliphatic rings. The number of nitrogens with one attached hydrogen (secondary N) is 2. The molecule has 7 nitrogen and oxygen atoms in total. The molecule has 31 heavy (non-hydrogen) atoms. The number of nitrogens with zero attached hydrogens (tertiary/aromatic N) is 2. The van der Waals surface area contributed by atoms with Gasteiger partial charge in [0, 0.05) is 23.5 Å². The van der Waals surface area contributed by atoms with Crippen LogP contribution in [0, 0.1) is 5.82 Å². The van der Waals surface area contributed by atoms with E-state index in [4.69, 9.17) is 4.74 Å². The van der Waals surface area contributed by atoms with Crippen LogP contribution in [0.5, 0.6) is 17.4 Å². The van der Waals surface area contributed by atoms with E-state index in [0.717, 1.165) is 24.4 Å². The van der Waals surface area contributed by atoms with E-state index in [1.807, 2.05) is 0 Å². The Hall–Kier alpha value is -4.15. The summed E-state index contributed by atoms with van der Waals surface area (Å²) in [5.41, 5.74) is 0.560. The van der Waals surface area contributed by atoms with Crippen molar-refractivity contribution in [3.8, 4) is 17.4 Å². The molecule has 160 valence electrons. The summed E-state index contributed by atoms with van der Waals surface area (Å²) in [5.74, 6) is -2.15. The summed E-state index contributed by atoms with van der Waals surface area (Å²) >= 11 is 0. The predicted molar refractivity (Wildman–Crippen MR) is 104 cm³/mol. The minimum absolute atomic E-state index is 0.128. The molecule has 0 unspecified atom stereocenters. The summed E-state index contributed by atoms with van der Waals surface area (Å²) in [6.07, 6.45) is -2.92. The number of aromatic nitrogens is 2. The van der Waals surface area contributed by atoms with Crippen molar-refractivity contribution in [3.05, 3.63) is 73.2 Å². The molecular weight excluding hydrogens is 420 g/mol. The Morgan fingerprint density at radius 3 is 2.45 bits per heavy atom. The first kappa shape index (κ1) is 21.6. The van der Waals surface area contributed by atoms with Crippen LogP contribution in [-0.2, 0) is 4.79 Å². The van der Waals surface area contributed by atoms with Gasteiger partial charge in [0.05, 0.1) is 6.20 Å². The van der Waals surface area contributed by atoms with Gasteiger partial charge in [-0.3, -0.25) is 4.79 Å². The van der Waals surface area contributed by atoms with E-state index in [0.29, 0.717) is 5.69 Å². The zero-order chi connectivity index (χ0) is 22.4. The zero-order valence-electron chi connectivity index (χ0n) is 15.6. The number of amides is 1. The van der Waals surface area contributed by atoms with Crippen molar-refractivity contribution in [2.75, 3.05) is 10.6 Å². The van der Waals surface area contributed by atoms with E-state index in [2.05, 4.69) is 31.9 Å². The Morgan fingerprint density at radius 1 is 1.06 bits per heavy atom. The third-order valence-electron chi connectivity index (χ3n) is 3.54. The molecule has 0 radical (unpaired) electrons. The zero-order valence-corrected chi connectivity index (χ0v) is 15.6. The number of benzene rings is 2. The highest BCUT2D eigenvalue weighted by atomic mass is 19.4. The SMILES string of the molecule is C=CC(=O)Nc1cccc(Oc2nc(Nc3cccc(OC(F)(F)F)c3)ncc2F)c1. The number of halogens is 4. The van der Waals surface area contributed by atoms with Crippen LogP contribution in [0.1, 0.15) is 0 Å². The maximum absolute atomic E-state index is 14.1. The Bertz CT molecular complexity index is 1110. The molecule has 1 amide bonds. The normalized spacial score (nSPS) is 10.8. The van der Waals surface area contributed by atoms with Gasteiger partial charge in [0.1, 0.15) is 11.5 Å². The lowest BCUT2D eigenvalue weighted by molar-refractivity contribution is -0.274. The van der Waals surface area contributed by atoms with Crippen molar-refractivity contribution in [1.82, 2.24) is 9.97 Å². The van der Waals surface area contributed by atoms with Crippen molar-refractivity contribution in [2.24, 2.45) is 0 Å². The number of carbonyl (C=O) groups is 1. The number of hydrogen-bond acceptors (Lipinski definition) is 6. The Balaban J connectivity index is 1.77. The largest absolute Gasteiger partial charge is 0.573 e. The molecule has 0 atom stereocenters. The smallest absolute Gasteiger partial charge is 0.436 e. The van der Waals surface area contributed by atoms with Gasteiger partial charge in [-0.2, -0.15) is 9.37 Å². The van der Waals surface area contributed by atoms with E-state index < -0.39 is 29.7 Å². The van der Waals surface area contributed by atoms with Crippen LogP contribution in [0.25, 0.3) is 0 Å². The van der Waals surface area contributed by atoms with Crippen molar-refractivity contribution in [1.29, 1.82) is 0 Å². The first-order valence-electron chi connectivity index (χ1n) is 8.58. The molecule has 11 heteroatoms. The van der Waals surface area contributed by atoms with Gasteiger partial charge in [-0.05, 0) is 30.3 Å². The fourth-order valence-electron chi connectivity index (χ4n) is 2.33. The third kappa shape index (κ3) is 6.42. The maximum Gasteiger partial charge on any atom is 0.573 e. The van der Waals surface area contributed by atoms with E-state index in [1.165, 1.54) is 24.3 Å². The molecule has 3 rings (SSSR count). The van der Waals surface area contributed by atoms with Crippen LogP contribution in [0.15, 0.2) is 67.4 Å². The fraction of sp³-hybridized carbons (Fsp3) is 0.0500. The lowest BCUT2D eigenvalue weighted by Gasteiger charge is -2.12. The topological polar surface area (TPSA) is 85.4 Å². The van der Waals surface area contributed by atoms with Gasteiger partial charge in [0.2, 0.25) is 17.7 Å². The lowest BCUT2D eigenvalue weighted by Crippen LogP contribution is -2.17. The van der Waals surface area contributed by atoms with Crippen molar-refractivity contribution in [3.63, 3.8) is 0 Å². The Morgan fingerprint density at radius 2 is 1.74 bits per heavy atom. The number of ether oxygens (including phenoxy) is 2. The van der Waals surface area contributed by atoms with Crippen LogP contribution in [-0.4, -0.2) is 22.2 Å². The summed E-state index contributed by atoms with van der Waals surface area (Å²) in [4.78, 5) is 19.0. The summed E-state index contributed by atoms with van der Waals surface area (Å²) in [6, 6.07) is 11.1. The van der Waals surface area contributed by atoms with Crippen molar-refractivity contribution in [2.45, 2.75) is 6.36 Å². The van der Waals surface area contributed by atoms with E-state index in [1.54, 1.807) is 12.1 Å². The molecule has 0 fully saturated rings. The Labute approximate surface area is 173 Å². The van der Waals surface area contributed by atoms with Gasteiger partial charge in [-0.1, -0.05) is 18.7 Å². The average molecular weight is 434 g/mol. The van der Waals surface area contributed by atoms with Gasteiger partial charge in [-0.15, -0.1) is 13.2 Å². The molecule has 2 N–H and O–H groups in total. The van der Waals surface area contributed by atoms with Gasteiger partial charge in [0.25, 0.3) is 5.88 Å². The summed E-state index contributed by atoms with van der Waals surface area (Å²) in [7, 11) is 0. The number of anilines is 3. The van der Waals surface area contributed by atoms with Crippen molar-refractivity contribution >= 4 is 23.2 Å². The van der Waals surface area contributed by atoms with E-state index in [9.17, 15) is 22.4 Å². The van der Waals surface area contributed by atoms with Gasteiger partial charge in [-0.25, -0.2) is 4.98 Å². The molecular formula is C20H14F4N4O3. The standard InChI is InChI=1S/C20H14F4N4O3/c1-2-17(29)26-12-5-3-7-14(9-12)30-18-16(21)11-25-19(28-18)27-13-6-4-8-15(10-13)31-20(22,23)24/h2-11H,1H2,(H,26,29)(H,25,27,28). The maximum atomic E-state index is 14.1. The molecule has 0 aliphatic carbocycles. The molecule has 0 aliphatic heterocycles. The second-order valence-electron chi connectivity index (χ2n) is 5.87. The molecule has 1 heterocycles. The van der Waals surface area contributed by atoms with Crippen LogP contribution < -0.4 is 20.1 Å². The highest BCUT2D eigenvalue weighted by Gasteiger charge is 2.31. The number of alkyl halides is 3. The molecule has 0 saturated carbocycles. The fourth-order valence-corrected chi connectivity index (χ4v) is 2.33. The number of carbonyl (C=O) groups excluding carboxylic acids is 1. The second-order valence-corrected chi connectivity index (χ2v) is 5.87.